The third-order valence-electron chi connectivity index (χ3n) is 1.26. The predicted octanol–water partition coefficient (Wildman–Crippen LogP) is 4.12. The van der Waals surface area contributed by atoms with E-state index in [0.717, 1.165) is 6.07 Å². The van der Waals surface area contributed by atoms with Gasteiger partial charge < -0.3 is 0 Å². The molecule has 0 bridgehead atoms. The summed E-state index contributed by atoms with van der Waals surface area (Å²) in [7, 11) is 0. The first-order valence-corrected chi connectivity index (χ1v) is 4.11. The van der Waals surface area contributed by atoms with Crippen molar-refractivity contribution in [2.24, 2.45) is 0 Å². The van der Waals surface area contributed by atoms with Gasteiger partial charge in [0.1, 0.15) is 0 Å². The number of halogens is 5. The Bertz CT molecular complexity index is 295. The van der Waals surface area contributed by atoms with Gasteiger partial charge in [0.05, 0.1) is 10.6 Å². The third kappa shape index (κ3) is 1.93. The zero-order valence-electron chi connectivity index (χ0n) is 5.62. The summed E-state index contributed by atoms with van der Waals surface area (Å²) < 4.78 is 36.3. The fraction of sp³-hybridized carbons (Fsp3) is 0.143. The van der Waals surface area contributed by atoms with Crippen molar-refractivity contribution in [1.82, 2.24) is 0 Å². The Morgan fingerprint density at radius 1 is 1.25 bits per heavy atom. The molecule has 0 saturated heterocycles. The monoisotopic (exact) mass is 258 g/mol. The van der Waals surface area contributed by atoms with Crippen LogP contribution in [-0.2, 0) is 6.18 Å². The highest BCUT2D eigenvalue weighted by atomic mass is 79.9. The normalized spacial score (nSPS) is 11.8. The maximum absolute atomic E-state index is 12.1. The van der Waals surface area contributed by atoms with Crippen molar-refractivity contribution in [2.45, 2.75) is 6.18 Å². The lowest BCUT2D eigenvalue weighted by atomic mass is 10.2. The Balaban J connectivity index is 3.26. The summed E-state index contributed by atoms with van der Waals surface area (Å²) in [5.74, 6) is 0. The average Bonchev–Trinajstić information content (AvgIpc) is 1.92. The summed E-state index contributed by atoms with van der Waals surface area (Å²) in [6, 6.07) is 3.62. The standard InChI is InChI=1S/C7H3BrClF3/c8-6-4(7(10,11)12)2-1-3-5(6)9/h1-3H. The minimum atomic E-state index is -4.36. The number of rotatable bonds is 0. The average molecular weight is 259 g/mol. The zero-order chi connectivity index (χ0) is 9.35. The Labute approximate surface area is 80.5 Å². The van der Waals surface area contributed by atoms with Crippen LogP contribution < -0.4 is 0 Å². The van der Waals surface area contributed by atoms with Crippen LogP contribution in [0, 0.1) is 0 Å². The molecule has 0 saturated carbocycles. The smallest absolute Gasteiger partial charge is 0.166 e. The second-order valence-electron chi connectivity index (χ2n) is 2.10. The first-order valence-electron chi connectivity index (χ1n) is 2.94. The summed E-state index contributed by atoms with van der Waals surface area (Å²) in [4.78, 5) is 0. The van der Waals surface area contributed by atoms with Gasteiger partial charge in [-0.25, -0.2) is 0 Å². The quantitative estimate of drug-likeness (QED) is 0.657. The van der Waals surface area contributed by atoms with E-state index >= 15 is 0 Å². The van der Waals surface area contributed by atoms with Crippen molar-refractivity contribution in [2.75, 3.05) is 0 Å². The Hall–Kier alpha value is -0.220. The van der Waals surface area contributed by atoms with Crippen molar-refractivity contribution >= 4 is 27.5 Å². The van der Waals surface area contributed by atoms with Crippen LogP contribution in [-0.4, -0.2) is 0 Å². The van der Waals surface area contributed by atoms with Crippen LogP contribution in [0.1, 0.15) is 5.56 Å². The molecule has 1 aromatic rings. The van der Waals surface area contributed by atoms with Crippen LogP contribution >= 0.6 is 27.5 Å². The molecule has 0 nitrogen and oxygen atoms in total. The Morgan fingerprint density at radius 2 is 1.83 bits per heavy atom. The molecule has 0 fully saturated rings. The molecule has 0 unspecified atom stereocenters. The highest BCUT2D eigenvalue weighted by molar-refractivity contribution is 9.10. The number of alkyl halides is 3. The fourth-order valence-electron chi connectivity index (χ4n) is 0.723. The van der Waals surface area contributed by atoms with E-state index < -0.39 is 11.7 Å². The molecule has 66 valence electrons. The summed E-state index contributed by atoms with van der Waals surface area (Å²) in [6.45, 7) is 0. The summed E-state index contributed by atoms with van der Waals surface area (Å²) >= 11 is 8.24. The number of benzene rings is 1. The molecular formula is C7H3BrClF3. The van der Waals surface area contributed by atoms with Gasteiger partial charge in [0.25, 0.3) is 0 Å². The fourth-order valence-corrected chi connectivity index (χ4v) is 1.39. The molecule has 0 aromatic heterocycles. The maximum atomic E-state index is 12.1. The lowest BCUT2D eigenvalue weighted by Crippen LogP contribution is -2.05. The van der Waals surface area contributed by atoms with E-state index in [-0.39, 0.29) is 9.50 Å². The van der Waals surface area contributed by atoms with E-state index in [4.69, 9.17) is 11.6 Å². The second-order valence-corrected chi connectivity index (χ2v) is 3.30. The van der Waals surface area contributed by atoms with Gasteiger partial charge in [-0.15, -0.1) is 0 Å². The lowest BCUT2D eigenvalue weighted by molar-refractivity contribution is -0.138. The van der Waals surface area contributed by atoms with E-state index in [2.05, 4.69) is 15.9 Å². The molecule has 0 radical (unpaired) electrons. The molecule has 1 aromatic carbocycles. The highest BCUT2D eigenvalue weighted by Gasteiger charge is 2.33. The SMILES string of the molecule is FC(F)(F)c1cccc(Cl)c1Br. The number of hydrogen-bond donors (Lipinski definition) is 0. The molecule has 0 amide bonds. The van der Waals surface area contributed by atoms with Crippen LogP contribution in [0.15, 0.2) is 22.7 Å². The van der Waals surface area contributed by atoms with E-state index in [1.807, 2.05) is 0 Å². The van der Waals surface area contributed by atoms with Crippen molar-refractivity contribution in [3.8, 4) is 0 Å². The minimum absolute atomic E-state index is 0.0600. The van der Waals surface area contributed by atoms with Crippen LogP contribution in [0.4, 0.5) is 13.2 Å². The van der Waals surface area contributed by atoms with E-state index in [9.17, 15) is 13.2 Å². The van der Waals surface area contributed by atoms with Gasteiger partial charge in [-0.05, 0) is 28.1 Å². The summed E-state index contributed by atoms with van der Waals surface area (Å²) in [6.07, 6.45) is -4.36. The first kappa shape index (κ1) is 9.86. The van der Waals surface area contributed by atoms with Crippen LogP contribution in [0.25, 0.3) is 0 Å². The third-order valence-corrected chi connectivity index (χ3v) is 2.65. The first-order chi connectivity index (χ1) is 5.43. The van der Waals surface area contributed by atoms with Crippen molar-refractivity contribution in [3.63, 3.8) is 0 Å². The van der Waals surface area contributed by atoms with Crippen molar-refractivity contribution in [3.05, 3.63) is 33.3 Å². The molecule has 0 atom stereocenters. The molecule has 5 heteroatoms. The Morgan fingerprint density at radius 3 is 2.25 bits per heavy atom. The van der Waals surface area contributed by atoms with E-state index in [0.29, 0.717) is 0 Å². The van der Waals surface area contributed by atoms with Gasteiger partial charge in [-0.2, -0.15) is 13.2 Å². The second kappa shape index (κ2) is 3.26. The van der Waals surface area contributed by atoms with Crippen LogP contribution in [0.5, 0.6) is 0 Å². The molecule has 1 rings (SSSR count). The van der Waals surface area contributed by atoms with Gasteiger partial charge in [-0.1, -0.05) is 17.7 Å². The Kier molecular flexibility index (Phi) is 2.68. The molecule has 0 aliphatic rings. The molecular weight excluding hydrogens is 256 g/mol. The summed E-state index contributed by atoms with van der Waals surface area (Å²) in [5, 5.41) is 0.0600. The largest absolute Gasteiger partial charge is 0.417 e. The molecule has 0 heterocycles. The molecule has 0 aliphatic heterocycles. The molecule has 12 heavy (non-hydrogen) atoms. The lowest BCUT2D eigenvalue weighted by Gasteiger charge is -2.08. The van der Waals surface area contributed by atoms with Gasteiger partial charge in [0.2, 0.25) is 0 Å². The predicted molar refractivity (Wildman–Crippen MR) is 44.2 cm³/mol. The van der Waals surface area contributed by atoms with Gasteiger partial charge in [0.15, 0.2) is 0 Å². The van der Waals surface area contributed by atoms with Gasteiger partial charge >= 0.3 is 6.18 Å². The van der Waals surface area contributed by atoms with Crippen molar-refractivity contribution < 1.29 is 13.2 Å². The van der Waals surface area contributed by atoms with Crippen LogP contribution in [0.2, 0.25) is 5.02 Å². The van der Waals surface area contributed by atoms with Crippen molar-refractivity contribution in [1.29, 1.82) is 0 Å². The van der Waals surface area contributed by atoms with E-state index in [1.54, 1.807) is 0 Å². The minimum Gasteiger partial charge on any atom is -0.166 e. The number of hydrogen-bond acceptors (Lipinski definition) is 0. The maximum Gasteiger partial charge on any atom is 0.417 e. The van der Waals surface area contributed by atoms with E-state index in [1.165, 1.54) is 12.1 Å². The van der Waals surface area contributed by atoms with Gasteiger partial charge in [-0.3, -0.25) is 0 Å². The molecule has 0 N–H and O–H groups in total. The van der Waals surface area contributed by atoms with Gasteiger partial charge in [0, 0.05) is 4.47 Å². The topological polar surface area (TPSA) is 0 Å². The zero-order valence-corrected chi connectivity index (χ0v) is 7.96. The molecule has 0 aliphatic carbocycles. The molecule has 0 spiro atoms. The van der Waals surface area contributed by atoms with Crippen LogP contribution in [0.3, 0.4) is 0 Å². The summed E-state index contributed by atoms with van der Waals surface area (Å²) in [5.41, 5.74) is -0.755. The highest BCUT2D eigenvalue weighted by Crippen LogP contribution is 2.37.